The van der Waals surface area contributed by atoms with Crippen LogP contribution in [0, 0.1) is 6.92 Å². The first kappa shape index (κ1) is 20.3. The topological polar surface area (TPSA) is 89.5 Å². The van der Waals surface area contributed by atoms with Crippen LogP contribution in [0.4, 0.5) is 0 Å². The van der Waals surface area contributed by atoms with E-state index in [1.807, 2.05) is 30.3 Å². The Hall–Kier alpha value is -3.39. The Bertz CT molecular complexity index is 971. The van der Waals surface area contributed by atoms with Gasteiger partial charge < -0.3 is 9.47 Å². The van der Waals surface area contributed by atoms with E-state index in [9.17, 15) is 9.59 Å². The van der Waals surface area contributed by atoms with Crippen LogP contribution in [0.25, 0.3) is 10.6 Å². The molecule has 3 aromatic rings. The summed E-state index contributed by atoms with van der Waals surface area (Å²) in [5.41, 5.74) is 6.39. The minimum absolute atomic E-state index is 0.100. The fourth-order valence-electron chi connectivity index (χ4n) is 2.49. The summed E-state index contributed by atoms with van der Waals surface area (Å²) in [6, 6.07) is 16.7. The molecule has 8 heteroatoms. The van der Waals surface area contributed by atoms with E-state index in [0.717, 1.165) is 16.3 Å². The number of ether oxygens (including phenoxy) is 2. The third-order valence-corrected chi connectivity index (χ3v) is 5.20. The van der Waals surface area contributed by atoms with Gasteiger partial charge in [-0.2, -0.15) is 0 Å². The molecule has 2 amide bonds. The quantitative estimate of drug-likeness (QED) is 0.582. The molecule has 0 unspecified atom stereocenters. The van der Waals surface area contributed by atoms with Crippen molar-refractivity contribution in [3.8, 4) is 22.1 Å². The van der Waals surface area contributed by atoms with E-state index in [1.54, 1.807) is 38.3 Å². The summed E-state index contributed by atoms with van der Waals surface area (Å²) in [4.78, 5) is 29.2. The molecule has 29 heavy (non-hydrogen) atoms. The first-order chi connectivity index (χ1) is 14.1. The van der Waals surface area contributed by atoms with E-state index >= 15 is 0 Å². The van der Waals surface area contributed by atoms with Crippen LogP contribution in [0.15, 0.2) is 54.6 Å². The van der Waals surface area contributed by atoms with E-state index in [-0.39, 0.29) is 18.9 Å². The van der Waals surface area contributed by atoms with Gasteiger partial charge in [-0.1, -0.05) is 30.3 Å². The molecule has 0 saturated carbocycles. The zero-order valence-corrected chi connectivity index (χ0v) is 16.9. The van der Waals surface area contributed by atoms with Crippen molar-refractivity contribution in [2.75, 3.05) is 13.7 Å². The zero-order chi connectivity index (χ0) is 20.6. The number of carbonyl (C=O) groups excluding carboxylic acids is 2. The lowest BCUT2D eigenvalue weighted by molar-refractivity contribution is -0.122. The maximum Gasteiger partial charge on any atom is 0.281 e. The number of aryl methyl sites for hydroxylation is 1. The number of thiazole rings is 1. The van der Waals surface area contributed by atoms with Crippen LogP contribution in [0.3, 0.4) is 0 Å². The molecule has 0 spiro atoms. The number of hydrazine groups is 1. The van der Waals surface area contributed by atoms with Gasteiger partial charge in [0.15, 0.2) is 0 Å². The molecule has 0 fully saturated rings. The Morgan fingerprint density at radius 3 is 2.38 bits per heavy atom. The Labute approximate surface area is 172 Å². The fourth-order valence-corrected chi connectivity index (χ4v) is 3.46. The van der Waals surface area contributed by atoms with Gasteiger partial charge in [0.05, 0.1) is 25.8 Å². The van der Waals surface area contributed by atoms with E-state index in [0.29, 0.717) is 16.3 Å². The summed E-state index contributed by atoms with van der Waals surface area (Å²) in [5, 5.41) is 0.757. The minimum atomic E-state index is -0.397. The van der Waals surface area contributed by atoms with Gasteiger partial charge in [-0.15, -0.1) is 11.3 Å². The van der Waals surface area contributed by atoms with Crippen molar-refractivity contribution in [2.24, 2.45) is 0 Å². The lowest BCUT2D eigenvalue weighted by atomic mass is 10.2. The van der Waals surface area contributed by atoms with Crippen molar-refractivity contribution in [1.29, 1.82) is 0 Å². The summed E-state index contributed by atoms with van der Waals surface area (Å²) in [5.74, 6) is 0.617. The molecule has 150 valence electrons. The van der Waals surface area contributed by atoms with Crippen LogP contribution >= 0.6 is 11.3 Å². The van der Waals surface area contributed by atoms with E-state index in [1.165, 1.54) is 11.3 Å². The van der Waals surface area contributed by atoms with Crippen molar-refractivity contribution in [1.82, 2.24) is 15.8 Å². The number of carbonyl (C=O) groups is 2. The summed E-state index contributed by atoms with van der Waals surface area (Å²) in [6.45, 7) is 1.95. The van der Waals surface area contributed by atoms with Crippen LogP contribution in [0.5, 0.6) is 11.5 Å². The highest BCUT2D eigenvalue weighted by molar-refractivity contribution is 7.17. The number of benzene rings is 2. The molecule has 2 aromatic carbocycles. The lowest BCUT2D eigenvalue weighted by Gasteiger charge is -2.08. The van der Waals surface area contributed by atoms with Crippen molar-refractivity contribution in [2.45, 2.75) is 13.3 Å². The summed E-state index contributed by atoms with van der Waals surface area (Å²) >= 11 is 1.28. The van der Waals surface area contributed by atoms with E-state index in [4.69, 9.17) is 9.47 Å². The second kappa shape index (κ2) is 9.70. The van der Waals surface area contributed by atoms with Gasteiger partial charge in [0.2, 0.25) is 5.91 Å². The second-order valence-electron chi connectivity index (χ2n) is 6.08. The van der Waals surface area contributed by atoms with Gasteiger partial charge in [-0.3, -0.25) is 20.4 Å². The minimum Gasteiger partial charge on any atom is -0.497 e. The second-order valence-corrected chi connectivity index (χ2v) is 7.07. The smallest absolute Gasteiger partial charge is 0.281 e. The molecule has 3 rings (SSSR count). The van der Waals surface area contributed by atoms with Crippen molar-refractivity contribution < 1.29 is 19.1 Å². The molecule has 0 aliphatic heterocycles. The molecule has 0 saturated heterocycles. The van der Waals surface area contributed by atoms with Gasteiger partial charge in [0.25, 0.3) is 5.91 Å². The first-order valence-corrected chi connectivity index (χ1v) is 9.77. The molecular weight excluding hydrogens is 390 g/mol. The first-order valence-electron chi connectivity index (χ1n) is 8.95. The van der Waals surface area contributed by atoms with Gasteiger partial charge in [0.1, 0.15) is 21.4 Å². The predicted molar refractivity (Wildman–Crippen MR) is 111 cm³/mol. The number of aromatic nitrogens is 1. The largest absolute Gasteiger partial charge is 0.497 e. The Morgan fingerprint density at radius 1 is 1.00 bits per heavy atom. The van der Waals surface area contributed by atoms with Crippen molar-refractivity contribution >= 4 is 23.2 Å². The third kappa shape index (κ3) is 5.55. The normalized spacial score (nSPS) is 10.3. The molecule has 0 aliphatic carbocycles. The molecule has 1 heterocycles. The number of nitrogens with zero attached hydrogens (tertiary/aromatic N) is 1. The maximum atomic E-state index is 12.4. The van der Waals surface area contributed by atoms with E-state index in [2.05, 4.69) is 15.8 Å². The number of rotatable bonds is 7. The summed E-state index contributed by atoms with van der Waals surface area (Å²) in [6.07, 6.45) is 0.100. The number of hydrogen-bond acceptors (Lipinski definition) is 6. The van der Waals surface area contributed by atoms with Gasteiger partial charge >= 0.3 is 0 Å². The predicted octanol–water partition coefficient (Wildman–Crippen LogP) is 3.36. The summed E-state index contributed by atoms with van der Waals surface area (Å²) in [7, 11) is 1.59. The molecule has 0 atom stereocenters. The highest BCUT2D eigenvalue weighted by atomic mass is 32.1. The van der Waals surface area contributed by atoms with Crippen LogP contribution in [-0.4, -0.2) is 30.5 Å². The zero-order valence-electron chi connectivity index (χ0n) is 16.1. The van der Waals surface area contributed by atoms with Crippen LogP contribution in [0.2, 0.25) is 0 Å². The molecule has 1 aromatic heterocycles. The molecule has 0 aliphatic rings. The Balaban J connectivity index is 1.46. The van der Waals surface area contributed by atoms with Crippen LogP contribution in [0.1, 0.15) is 21.8 Å². The Morgan fingerprint density at radius 2 is 1.69 bits per heavy atom. The van der Waals surface area contributed by atoms with Gasteiger partial charge in [0, 0.05) is 5.56 Å². The lowest BCUT2D eigenvalue weighted by Crippen LogP contribution is -2.42. The number of hydrogen-bond donors (Lipinski definition) is 2. The molecule has 0 radical (unpaired) electrons. The van der Waals surface area contributed by atoms with Crippen LogP contribution < -0.4 is 20.3 Å². The average molecular weight is 411 g/mol. The number of nitrogens with one attached hydrogen (secondary N) is 2. The standard InChI is InChI=1S/C21H21N3O4S/c1-14-19(29-21(22-14)15-6-4-3-5-7-15)20(26)24-23-18(25)12-13-28-17-10-8-16(27-2)9-11-17/h3-11H,12-13H2,1-2H3,(H,23,25)(H,24,26). The van der Waals surface area contributed by atoms with Crippen molar-refractivity contribution in [3.05, 3.63) is 65.2 Å². The number of methoxy groups -OCH3 is 1. The molecule has 7 nitrogen and oxygen atoms in total. The maximum absolute atomic E-state index is 12.4. The summed E-state index contributed by atoms with van der Waals surface area (Å²) < 4.78 is 10.6. The average Bonchev–Trinajstić information content (AvgIpc) is 3.15. The number of amides is 2. The van der Waals surface area contributed by atoms with Gasteiger partial charge in [-0.05, 0) is 31.2 Å². The SMILES string of the molecule is COc1ccc(OCCC(=O)NNC(=O)c2sc(-c3ccccc3)nc2C)cc1. The van der Waals surface area contributed by atoms with Gasteiger partial charge in [-0.25, -0.2) is 4.98 Å². The van der Waals surface area contributed by atoms with Crippen LogP contribution in [-0.2, 0) is 4.79 Å². The highest BCUT2D eigenvalue weighted by Gasteiger charge is 2.16. The third-order valence-electron chi connectivity index (χ3n) is 4.00. The molecule has 2 N–H and O–H groups in total. The highest BCUT2D eigenvalue weighted by Crippen LogP contribution is 2.27. The van der Waals surface area contributed by atoms with Crippen molar-refractivity contribution in [3.63, 3.8) is 0 Å². The fraction of sp³-hybridized carbons (Fsp3) is 0.190. The van der Waals surface area contributed by atoms with E-state index < -0.39 is 5.91 Å². The molecule has 0 bridgehead atoms. The monoisotopic (exact) mass is 411 g/mol. The molecular formula is C21H21N3O4S. The Kier molecular flexibility index (Phi) is 6.80.